The van der Waals surface area contributed by atoms with E-state index in [4.69, 9.17) is 0 Å². The van der Waals surface area contributed by atoms with Crippen LogP contribution >= 0.6 is 0 Å². The van der Waals surface area contributed by atoms with E-state index in [-0.39, 0.29) is 0 Å². The first kappa shape index (κ1) is 29.1. The zero-order valence-corrected chi connectivity index (χ0v) is 28.8. The Kier molecular flexibility index (Phi) is 6.26. The quantitative estimate of drug-likeness (QED) is 0.179. The minimum atomic E-state index is 0.857. The van der Waals surface area contributed by atoms with Crippen LogP contribution in [-0.2, 0) is 13.5 Å². The highest BCUT2D eigenvalue weighted by Crippen LogP contribution is 2.41. The van der Waals surface area contributed by atoms with Crippen LogP contribution in [-0.4, -0.2) is 26.5 Å². The minimum absolute atomic E-state index is 0.857. The first-order valence-electron chi connectivity index (χ1n) is 18.1. The van der Waals surface area contributed by atoms with Crippen LogP contribution in [0.1, 0.15) is 11.3 Å². The van der Waals surface area contributed by atoms with Crippen molar-refractivity contribution >= 4 is 60.7 Å². The smallest absolute Gasteiger partial charge is 0.0541 e. The molecule has 0 aliphatic carbocycles. The van der Waals surface area contributed by atoms with Gasteiger partial charge in [-0.3, -0.25) is 4.99 Å². The number of fused-ring (bicyclic) bond motifs is 9. The van der Waals surface area contributed by atoms with E-state index in [9.17, 15) is 0 Å². The van der Waals surface area contributed by atoms with Crippen LogP contribution in [0.25, 0.3) is 88.1 Å². The fourth-order valence-corrected chi connectivity index (χ4v) is 8.83. The van der Waals surface area contributed by atoms with Crippen molar-refractivity contribution < 1.29 is 0 Å². The van der Waals surface area contributed by atoms with Gasteiger partial charge < -0.3 is 13.7 Å². The Morgan fingerprint density at radius 1 is 0.442 bits per heavy atom. The molecule has 0 bridgehead atoms. The highest BCUT2D eigenvalue weighted by molar-refractivity contribution is 6.13. The highest BCUT2D eigenvalue weighted by atomic mass is 15.0. The lowest BCUT2D eigenvalue weighted by Gasteiger charge is -2.12. The van der Waals surface area contributed by atoms with Crippen LogP contribution < -0.4 is 0 Å². The number of para-hydroxylation sites is 3. The lowest BCUT2D eigenvalue weighted by Crippen LogP contribution is -2.05. The first-order chi connectivity index (χ1) is 25.7. The Hall–Kier alpha value is -6.65. The normalized spacial score (nSPS) is 12.9. The fourth-order valence-electron chi connectivity index (χ4n) is 8.83. The molecule has 0 unspecified atom stereocenters. The largest absolute Gasteiger partial charge is 0.347 e. The summed E-state index contributed by atoms with van der Waals surface area (Å²) in [6.07, 6.45) is 3.05. The van der Waals surface area contributed by atoms with Crippen LogP contribution in [0.4, 0.5) is 0 Å². The van der Waals surface area contributed by atoms with E-state index >= 15 is 0 Å². The summed E-state index contributed by atoms with van der Waals surface area (Å²) in [5.74, 6) is 0. The molecule has 1 aliphatic heterocycles. The van der Waals surface area contributed by atoms with Gasteiger partial charge in [0.15, 0.2) is 0 Å². The van der Waals surface area contributed by atoms with E-state index in [1.165, 1.54) is 99.4 Å². The molecule has 52 heavy (non-hydrogen) atoms. The second-order valence-electron chi connectivity index (χ2n) is 14.0. The van der Waals surface area contributed by atoms with Crippen molar-refractivity contribution in [3.05, 3.63) is 169 Å². The molecule has 10 aromatic rings. The van der Waals surface area contributed by atoms with E-state index in [2.05, 4.69) is 190 Å². The number of hydrogen-bond acceptors (Lipinski definition) is 1. The van der Waals surface area contributed by atoms with Crippen molar-refractivity contribution in [2.45, 2.75) is 6.42 Å². The monoisotopic (exact) mass is 666 g/mol. The Balaban J connectivity index is 1.08. The maximum absolute atomic E-state index is 4.64. The van der Waals surface area contributed by atoms with Crippen LogP contribution in [0.5, 0.6) is 0 Å². The second-order valence-corrected chi connectivity index (χ2v) is 14.0. The number of aromatic nitrogens is 3. The summed E-state index contributed by atoms with van der Waals surface area (Å²) in [6.45, 7) is 0.857. The molecule has 0 spiro atoms. The standard InChI is InChI=1S/C48H34N4/c1-50-43-24-21-34(29-41(43)42-30-49-26-25-44(42)50)52-46-18-10-8-16-38(46)40-28-32(20-23-48(40)52)36-14-6-5-13-35(36)31-19-22-47-39(27-31)37-15-7-9-17-45(37)51(47)33-11-3-2-4-12-33/h2-24,27-30H,25-26H2,1H3. The van der Waals surface area contributed by atoms with Crippen LogP contribution in [0, 0.1) is 0 Å². The molecule has 7 aromatic carbocycles. The molecule has 4 heterocycles. The molecule has 11 rings (SSSR count). The van der Waals surface area contributed by atoms with Gasteiger partial charge in [0.2, 0.25) is 0 Å². The van der Waals surface area contributed by atoms with E-state index in [0.717, 1.165) is 13.0 Å². The van der Waals surface area contributed by atoms with E-state index in [1.54, 1.807) is 0 Å². The summed E-state index contributed by atoms with van der Waals surface area (Å²) in [6, 6.07) is 57.9. The van der Waals surface area contributed by atoms with Crippen LogP contribution in [0.3, 0.4) is 0 Å². The van der Waals surface area contributed by atoms with E-state index in [0.29, 0.717) is 0 Å². The van der Waals surface area contributed by atoms with Gasteiger partial charge in [-0.15, -0.1) is 0 Å². The first-order valence-corrected chi connectivity index (χ1v) is 18.1. The van der Waals surface area contributed by atoms with Gasteiger partial charge in [-0.05, 0) is 89.0 Å². The van der Waals surface area contributed by atoms with Crippen molar-refractivity contribution in [2.24, 2.45) is 12.0 Å². The molecular formula is C48H34N4. The Morgan fingerprint density at radius 3 is 1.63 bits per heavy atom. The Morgan fingerprint density at radius 2 is 0.981 bits per heavy atom. The predicted octanol–water partition coefficient (Wildman–Crippen LogP) is 11.7. The van der Waals surface area contributed by atoms with Crippen molar-refractivity contribution in [2.75, 3.05) is 6.54 Å². The van der Waals surface area contributed by atoms with E-state index in [1.807, 2.05) is 0 Å². The Bertz CT molecular complexity index is 3080. The predicted molar refractivity (Wildman–Crippen MR) is 219 cm³/mol. The molecule has 4 nitrogen and oxygen atoms in total. The Labute approximate surface area is 301 Å². The molecule has 1 aliphatic rings. The third kappa shape index (κ3) is 4.18. The van der Waals surface area contributed by atoms with Crippen molar-refractivity contribution in [1.82, 2.24) is 13.7 Å². The molecule has 4 heteroatoms. The average molecular weight is 667 g/mol. The van der Waals surface area contributed by atoms with Crippen LogP contribution in [0.15, 0.2) is 163 Å². The van der Waals surface area contributed by atoms with Gasteiger partial charge >= 0.3 is 0 Å². The maximum atomic E-state index is 4.64. The van der Waals surface area contributed by atoms with Gasteiger partial charge in [0.1, 0.15) is 0 Å². The van der Waals surface area contributed by atoms with Crippen molar-refractivity contribution in [1.29, 1.82) is 0 Å². The summed E-state index contributed by atoms with van der Waals surface area (Å²) >= 11 is 0. The summed E-state index contributed by atoms with van der Waals surface area (Å²) in [5, 5.41) is 6.29. The molecule has 0 saturated carbocycles. The molecule has 246 valence electrons. The number of aliphatic imine (C=N–C) groups is 1. The SMILES string of the molecule is Cn1c2c(c3cc(-n4c5ccccc5c5cc(-c6ccccc6-c6ccc7c(c6)c6ccccc6n7-c6ccccc6)ccc54)ccc31)C=NCC2. The summed E-state index contributed by atoms with van der Waals surface area (Å²) in [7, 11) is 2.18. The van der Waals surface area contributed by atoms with Gasteiger partial charge in [0.05, 0.1) is 22.1 Å². The fraction of sp³-hybridized carbons (Fsp3) is 0.0625. The lowest BCUT2D eigenvalue weighted by molar-refractivity contribution is 0.818. The van der Waals surface area contributed by atoms with Gasteiger partial charge in [0.25, 0.3) is 0 Å². The van der Waals surface area contributed by atoms with Crippen molar-refractivity contribution in [3.8, 4) is 33.6 Å². The molecular weight excluding hydrogens is 633 g/mol. The third-order valence-electron chi connectivity index (χ3n) is 11.2. The van der Waals surface area contributed by atoms with Gasteiger partial charge in [-0.25, -0.2) is 0 Å². The maximum Gasteiger partial charge on any atom is 0.0541 e. The highest BCUT2D eigenvalue weighted by Gasteiger charge is 2.20. The van der Waals surface area contributed by atoms with Gasteiger partial charge in [-0.1, -0.05) is 91.0 Å². The summed E-state index contributed by atoms with van der Waals surface area (Å²) < 4.78 is 7.14. The van der Waals surface area contributed by atoms with Crippen LogP contribution in [0.2, 0.25) is 0 Å². The molecule has 3 aromatic heterocycles. The second kappa shape index (κ2) is 11.2. The third-order valence-corrected chi connectivity index (χ3v) is 11.2. The topological polar surface area (TPSA) is 27.1 Å². The number of hydrogen-bond donors (Lipinski definition) is 0. The zero-order chi connectivity index (χ0) is 34.3. The van der Waals surface area contributed by atoms with E-state index < -0.39 is 0 Å². The zero-order valence-electron chi connectivity index (χ0n) is 28.8. The summed E-state index contributed by atoms with van der Waals surface area (Å²) in [5.41, 5.74) is 15.9. The average Bonchev–Trinajstić information content (AvgIpc) is 3.83. The molecule has 0 N–H and O–H groups in total. The lowest BCUT2D eigenvalue weighted by atomic mass is 9.93. The minimum Gasteiger partial charge on any atom is -0.347 e. The van der Waals surface area contributed by atoms with Gasteiger partial charge in [-0.2, -0.15) is 0 Å². The molecule has 0 amide bonds. The number of aryl methyl sites for hydroxylation is 1. The summed E-state index contributed by atoms with van der Waals surface area (Å²) in [4.78, 5) is 4.64. The molecule has 0 atom stereocenters. The van der Waals surface area contributed by atoms with Gasteiger partial charge in [0, 0.05) is 81.3 Å². The van der Waals surface area contributed by atoms with Crippen molar-refractivity contribution in [3.63, 3.8) is 0 Å². The molecule has 0 saturated heterocycles. The number of rotatable bonds is 4. The number of benzene rings is 7. The molecule has 0 radical (unpaired) electrons. The number of nitrogens with zero attached hydrogens (tertiary/aromatic N) is 4. The molecule has 0 fully saturated rings.